The van der Waals surface area contributed by atoms with Gasteiger partial charge in [-0.05, 0) is 49.2 Å². The van der Waals surface area contributed by atoms with Crippen molar-refractivity contribution in [2.24, 2.45) is 0 Å². The molecule has 0 unspecified atom stereocenters. The summed E-state index contributed by atoms with van der Waals surface area (Å²) in [5.74, 6) is -1.73. The molecule has 0 aliphatic carbocycles. The predicted molar refractivity (Wildman–Crippen MR) is 125 cm³/mol. The van der Waals surface area contributed by atoms with Gasteiger partial charge in [-0.1, -0.05) is 48.0 Å². The Labute approximate surface area is 188 Å². The lowest BCUT2D eigenvalue weighted by molar-refractivity contribution is 0.441. The minimum atomic E-state index is -1.12. The third-order valence-corrected chi connectivity index (χ3v) is 5.96. The van der Waals surface area contributed by atoms with Crippen molar-refractivity contribution < 1.29 is 19.0 Å². The molecule has 2 N–H and O–H groups in total. The first-order valence-electron chi connectivity index (χ1n) is 10.4. The second-order valence-electron chi connectivity index (χ2n) is 8.09. The normalized spacial score (nSPS) is 11.5. The first-order chi connectivity index (χ1) is 15.9. The maximum Gasteiger partial charge on any atom is 0.344 e. The molecule has 0 aliphatic rings. The molecule has 164 valence electrons. The average Bonchev–Trinajstić information content (AvgIpc) is 2.79. The summed E-state index contributed by atoms with van der Waals surface area (Å²) in [6.07, 6.45) is 0. The lowest BCUT2D eigenvalue weighted by atomic mass is 9.82. The van der Waals surface area contributed by atoms with E-state index in [1.54, 1.807) is 48.5 Å². The minimum Gasteiger partial charge on any atom is -0.507 e. The largest absolute Gasteiger partial charge is 0.507 e. The molecule has 2 heterocycles. The number of hydrogen-bond acceptors (Lipinski definition) is 6. The van der Waals surface area contributed by atoms with E-state index in [2.05, 4.69) is 0 Å². The van der Waals surface area contributed by atoms with Crippen molar-refractivity contribution in [1.82, 2.24) is 0 Å². The smallest absolute Gasteiger partial charge is 0.344 e. The van der Waals surface area contributed by atoms with E-state index in [1.165, 1.54) is 0 Å². The quantitative estimate of drug-likeness (QED) is 0.378. The lowest BCUT2D eigenvalue weighted by Crippen LogP contribution is -2.22. The van der Waals surface area contributed by atoms with Gasteiger partial charge in [-0.15, -0.1) is 0 Å². The van der Waals surface area contributed by atoms with Crippen molar-refractivity contribution in [1.29, 1.82) is 0 Å². The van der Waals surface area contributed by atoms with Crippen molar-refractivity contribution in [2.45, 2.75) is 19.8 Å². The van der Waals surface area contributed by atoms with Gasteiger partial charge in [-0.2, -0.15) is 0 Å². The zero-order valence-electron chi connectivity index (χ0n) is 18.0. The Balaban J connectivity index is 1.95. The minimum absolute atomic E-state index is 0.139. The second kappa shape index (κ2) is 7.67. The Hall–Kier alpha value is -4.32. The molecule has 5 aromatic rings. The molecule has 0 aliphatic heterocycles. The van der Waals surface area contributed by atoms with Crippen LogP contribution in [0.4, 0.5) is 0 Å². The Kier molecular flexibility index (Phi) is 4.78. The van der Waals surface area contributed by atoms with Gasteiger partial charge in [0.15, 0.2) is 0 Å². The van der Waals surface area contributed by atoms with Crippen LogP contribution in [0.2, 0.25) is 0 Å². The van der Waals surface area contributed by atoms with Crippen LogP contribution in [0.5, 0.6) is 11.5 Å². The van der Waals surface area contributed by atoms with Gasteiger partial charge in [0.25, 0.3) is 0 Å². The zero-order chi connectivity index (χ0) is 23.3. The molecule has 0 spiro atoms. The molecule has 0 atom stereocenters. The monoisotopic (exact) mass is 440 g/mol. The predicted octanol–water partition coefficient (Wildman–Crippen LogP) is 5.11. The highest BCUT2D eigenvalue weighted by atomic mass is 16.4. The van der Waals surface area contributed by atoms with Crippen LogP contribution in [0.3, 0.4) is 0 Å². The molecule has 0 saturated heterocycles. The number of para-hydroxylation sites is 2. The average molecular weight is 440 g/mol. The molecule has 6 nitrogen and oxygen atoms in total. The van der Waals surface area contributed by atoms with Crippen molar-refractivity contribution >= 4 is 21.9 Å². The van der Waals surface area contributed by atoms with Gasteiger partial charge in [0.1, 0.15) is 22.7 Å². The maximum atomic E-state index is 13.2. The highest BCUT2D eigenvalue weighted by molar-refractivity contribution is 5.87. The summed E-state index contributed by atoms with van der Waals surface area (Å²) >= 11 is 0. The summed E-state index contributed by atoms with van der Waals surface area (Å²) in [6, 6.07) is 18.8. The standard InChI is InChI=1S/C27H20O6/c1-14-11-12-15(2)18(13-14)21(22-24(28)16-7-3-5-9-19(16)32-26(22)30)23-25(29)17-8-4-6-10-20(17)33-27(23)31/h3-13,21,28-29H,1-2H3. The highest BCUT2D eigenvalue weighted by Gasteiger charge is 2.33. The fourth-order valence-corrected chi connectivity index (χ4v) is 4.33. The van der Waals surface area contributed by atoms with E-state index in [0.29, 0.717) is 16.3 Å². The summed E-state index contributed by atoms with van der Waals surface area (Å²) < 4.78 is 11.0. The molecule has 3 aromatic carbocycles. The topological polar surface area (TPSA) is 101 Å². The van der Waals surface area contributed by atoms with Gasteiger partial charge in [0.2, 0.25) is 0 Å². The Morgan fingerprint density at radius 3 is 1.70 bits per heavy atom. The van der Waals surface area contributed by atoms with Crippen LogP contribution in [0, 0.1) is 13.8 Å². The molecule has 0 amide bonds. The molecule has 2 aromatic heterocycles. The van der Waals surface area contributed by atoms with Crippen LogP contribution in [-0.4, -0.2) is 10.2 Å². The zero-order valence-corrected chi connectivity index (χ0v) is 18.0. The number of benzene rings is 3. The summed E-state index contributed by atoms with van der Waals surface area (Å²) in [5, 5.41) is 23.1. The van der Waals surface area contributed by atoms with Crippen molar-refractivity contribution in [3.8, 4) is 11.5 Å². The van der Waals surface area contributed by atoms with E-state index in [4.69, 9.17) is 8.83 Å². The van der Waals surface area contributed by atoms with Gasteiger partial charge in [0, 0.05) is 0 Å². The first-order valence-corrected chi connectivity index (χ1v) is 10.4. The molecule has 0 fully saturated rings. The molecule has 0 saturated carbocycles. The first kappa shape index (κ1) is 20.6. The molecule has 5 rings (SSSR count). The van der Waals surface area contributed by atoms with Gasteiger partial charge < -0.3 is 19.0 Å². The van der Waals surface area contributed by atoms with Gasteiger partial charge in [-0.3, -0.25) is 0 Å². The lowest BCUT2D eigenvalue weighted by Gasteiger charge is -2.21. The summed E-state index contributed by atoms with van der Waals surface area (Å²) in [5.41, 5.74) is 0.787. The third kappa shape index (κ3) is 3.27. The Morgan fingerprint density at radius 2 is 1.18 bits per heavy atom. The van der Waals surface area contributed by atoms with E-state index in [0.717, 1.165) is 11.1 Å². The fraction of sp³-hybridized carbons (Fsp3) is 0.111. The number of aryl methyl sites for hydroxylation is 2. The molecule has 0 radical (unpaired) electrons. The van der Waals surface area contributed by atoms with Crippen LogP contribution >= 0.6 is 0 Å². The van der Waals surface area contributed by atoms with Crippen molar-refractivity contribution in [2.75, 3.05) is 0 Å². The number of fused-ring (bicyclic) bond motifs is 2. The molecular formula is C27H20O6. The van der Waals surface area contributed by atoms with E-state index < -0.39 is 17.2 Å². The van der Waals surface area contributed by atoms with Gasteiger partial charge in [-0.25, -0.2) is 9.59 Å². The second-order valence-corrected chi connectivity index (χ2v) is 8.09. The fourth-order valence-electron chi connectivity index (χ4n) is 4.33. The van der Waals surface area contributed by atoms with E-state index in [1.807, 2.05) is 32.0 Å². The molecular weight excluding hydrogens is 420 g/mol. The summed E-state index contributed by atoms with van der Waals surface area (Å²) in [7, 11) is 0. The van der Waals surface area contributed by atoms with Crippen LogP contribution in [-0.2, 0) is 0 Å². The van der Waals surface area contributed by atoms with E-state index in [-0.39, 0.29) is 33.8 Å². The van der Waals surface area contributed by atoms with Crippen LogP contribution in [0.1, 0.15) is 33.7 Å². The van der Waals surface area contributed by atoms with E-state index in [9.17, 15) is 19.8 Å². The van der Waals surface area contributed by atoms with Crippen LogP contribution in [0.15, 0.2) is 85.2 Å². The van der Waals surface area contributed by atoms with E-state index >= 15 is 0 Å². The molecule has 0 bridgehead atoms. The van der Waals surface area contributed by atoms with Gasteiger partial charge in [0.05, 0.1) is 27.8 Å². The number of hydrogen-bond donors (Lipinski definition) is 2. The van der Waals surface area contributed by atoms with Crippen LogP contribution < -0.4 is 11.3 Å². The SMILES string of the molecule is Cc1ccc(C)c(C(c2c(O)c3ccccc3oc2=O)c2c(O)c3ccccc3oc2=O)c1. The van der Waals surface area contributed by atoms with Crippen molar-refractivity contribution in [3.63, 3.8) is 0 Å². The number of rotatable bonds is 3. The molecule has 6 heteroatoms. The third-order valence-electron chi connectivity index (χ3n) is 5.96. The summed E-state index contributed by atoms with van der Waals surface area (Å²) in [4.78, 5) is 26.4. The summed E-state index contributed by atoms with van der Waals surface area (Å²) in [6.45, 7) is 3.71. The van der Waals surface area contributed by atoms with Crippen molar-refractivity contribution in [3.05, 3.63) is 115 Å². The van der Waals surface area contributed by atoms with Crippen LogP contribution in [0.25, 0.3) is 21.9 Å². The Morgan fingerprint density at radius 1 is 0.697 bits per heavy atom. The maximum absolute atomic E-state index is 13.2. The Bertz CT molecular complexity index is 1560. The van der Waals surface area contributed by atoms with Gasteiger partial charge >= 0.3 is 11.3 Å². The molecule has 33 heavy (non-hydrogen) atoms. The number of aromatic hydroxyl groups is 2. The highest BCUT2D eigenvalue weighted by Crippen LogP contribution is 2.42.